The van der Waals surface area contributed by atoms with Crippen molar-refractivity contribution in [1.29, 1.82) is 0 Å². The lowest BCUT2D eigenvalue weighted by atomic mass is 10.2. The van der Waals surface area contributed by atoms with Crippen LogP contribution in [0.3, 0.4) is 0 Å². The molecule has 1 heterocycles. The van der Waals surface area contributed by atoms with Crippen LogP contribution in [0, 0.1) is 0 Å². The van der Waals surface area contributed by atoms with E-state index in [1.807, 2.05) is 38.1 Å². The molecule has 1 aromatic carbocycles. The molecule has 3 amide bonds. The summed E-state index contributed by atoms with van der Waals surface area (Å²) in [4.78, 5) is 25.8. The number of nitrogens with zero attached hydrogens (tertiary/aromatic N) is 1. The minimum absolute atomic E-state index is 0.0103. The van der Waals surface area contributed by atoms with E-state index in [4.69, 9.17) is 9.47 Å². The van der Waals surface area contributed by atoms with Crippen LogP contribution in [0.1, 0.15) is 26.7 Å². The Morgan fingerprint density at radius 2 is 2.20 bits per heavy atom. The SMILES string of the molecule is COc1cccc(N2C[C@H](NC(=O)NCCCOC(C)C)CC2=O)c1. The van der Waals surface area contributed by atoms with E-state index in [1.165, 1.54) is 0 Å². The van der Waals surface area contributed by atoms with Crippen molar-refractivity contribution in [3.05, 3.63) is 24.3 Å². The molecular formula is C18H27N3O4. The van der Waals surface area contributed by atoms with Crippen LogP contribution in [0.2, 0.25) is 0 Å². The van der Waals surface area contributed by atoms with Gasteiger partial charge >= 0.3 is 6.03 Å². The van der Waals surface area contributed by atoms with Gasteiger partial charge in [0.05, 0.1) is 19.3 Å². The minimum Gasteiger partial charge on any atom is -0.497 e. The molecule has 25 heavy (non-hydrogen) atoms. The maximum absolute atomic E-state index is 12.2. The van der Waals surface area contributed by atoms with Crippen molar-refractivity contribution in [2.75, 3.05) is 31.7 Å². The lowest BCUT2D eigenvalue weighted by Gasteiger charge is -2.18. The standard InChI is InChI=1S/C18H27N3O4/c1-13(2)25-9-5-8-19-18(23)20-14-10-17(22)21(12-14)15-6-4-7-16(11-15)24-3/h4,6-7,11,13-14H,5,8-10,12H2,1-3H3,(H2,19,20,23)/t14-/m1/s1. The van der Waals surface area contributed by atoms with Gasteiger partial charge in [-0.1, -0.05) is 6.07 Å². The topological polar surface area (TPSA) is 79.9 Å². The quantitative estimate of drug-likeness (QED) is 0.703. The van der Waals surface area contributed by atoms with E-state index in [0.717, 1.165) is 12.1 Å². The predicted molar refractivity (Wildman–Crippen MR) is 96.0 cm³/mol. The second-order valence-corrected chi connectivity index (χ2v) is 6.28. The molecule has 0 aliphatic carbocycles. The number of rotatable bonds is 8. The van der Waals surface area contributed by atoms with Crippen molar-refractivity contribution in [2.45, 2.75) is 38.8 Å². The largest absolute Gasteiger partial charge is 0.497 e. The van der Waals surface area contributed by atoms with Gasteiger partial charge in [-0.3, -0.25) is 4.79 Å². The Hall–Kier alpha value is -2.28. The Balaban J connectivity index is 1.77. The highest BCUT2D eigenvalue weighted by Gasteiger charge is 2.31. The van der Waals surface area contributed by atoms with E-state index in [9.17, 15) is 9.59 Å². The Morgan fingerprint density at radius 1 is 1.40 bits per heavy atom. The summed E-state index contributed by atoms with van der Waals surface area (Å²) in [6.45, 7) is 5.56. The Morgan fingerprint density at radius 3 is 2.92 bits per heavy atom. The zero-order chi connectivity index (χ0) is 18.2. The van der Waals surface area contributed by atoms with Crippen LogP contribution >= 0.6 is 0 Å². The molecule has 1 aromatic rings. The maximum atomic E-state index is 12.2. The summed E-state index contributed by atoms with van der Waals surface area (Å²) in [7, 11) is 1.59. The van der Waals surface area contributed by atoms with Crippen molar-refractivity contribution < 1.29 is 19.1 Å². The van der Waals surface area contributed by atoms with Gasteiger partial charge in [0.25, 0.3) is 0 Å². The fraction of sp³-hybridized carbons (Fsp3) is 0.556. The summed E-state index contributed by atoms with van der Waals surface area (Å²) in [6, 6.07) is 6.89. The molecule has 2 rings (SSSR count). The molecule has 0 aromatic heterocycles. The Kier molecular flexibility index (Phi) is 7.06. The van der Waals surface area contributed by atoms with Crippen LogP contribution in [-0.4, -0.2) is 50.9 Å². The first kappa shape index (κ1) is 19.1. The molecule has 1 fully saturated rings. The van der Waals surface area contributed by atoms with Gasteiger partial charge in [0, 0.05) is 37.9 Å². The van der Waals surface area contributed by atoms with Gasteiger partial charge in [-0.15, -0.1) is 0 Å². The lowest BCUT2D eigenvalue weighted by Crippen LogP contribution is -2.43. The lowest BCUT2D eigenvalue weighted by molar-refractivity contribution is -0.117. The third-order valence-electron chi connectivity index (χ3n) is 3.88. The first-order chi connectivity index (χ1) is 12.0. The number of nitrogens with one attached hydrogen (secondary N) is 2. The molecule has 0 bridgehead atoms. The number of amides is 3. The number of hydrogen-bond acceptors (Lipinski definition) is 4. The molecule has 7 nitrogen and oxygen atoms in total. The number of benzene rings is 1. The van der Waals surface area contributed by atoms with Crippen molar-refractivity contribution in [3.63, 3.8) is 0 Å². The van der Waals surface area contributed by atoms with Crippen LogP contribution in [0.15, 0.2) is 24.3 Å². The molecule has 1 aliphatic rings. The zero-order valence-corrected chi connectivity index (χ0v) is 15.1. The third kappa shape index (κ3) is 5.94. The smallest absolute Gasteiger partial charge is 0.315 e. The zero-order valence-electron chi connectivity index (χ0n) is 15.1. The van der Waals surface area contributed by atoms with Crippen molar-refractivity contribution in [3.8, 4) is 5.75 Å². The van der Waals surface area contributed by atoms with E-state index in [1.54, 1.807) is 12.0 Å². The summed E-state index contributed by atoms with van der Waals surface area (Å²) in [6.07, 6.45) is 1.24. The second kappa shape index (κ2) is 9.27. The van der Waals surface area contributed by atoms with E-state index in [2.05, 4.69) is 10.6 Å². The van der Waals surface area contributed by atoms with E-state index < -0.39 is 0 Å². The average molecular weight is 349 g/mol. The summed E-state index contributed by atoms with van der Waals surface area (Å²) in [5, 5.41) is 5.64. The first-order valence-corrected chi connectivity index (χ1v) is 8.60. The molecule has 1 aliphatic heterocycles. The molecule has 1 atom stereocenters. The van der Waals surface area contributed by atoms with Crippen LogP contribution in [0.25, 0.3) is 0 Å². The first-order valence-electron chi connectivity index (χ1n) is 8.60. The summed E-state index contributed by atoms with van der Waals surface area (Å²) in [5.41, 5.74) is 0.778. The summed E-state index contributed by atoms with van der Waals surface area (Å²) < 4.78 is 10.6. The number of urea groups is 1. The molecule has 0 radical (unpaired) electrons. The molecular weight excluding hydrogens is 322 g/mol. The van der Waals surface area contributed by atoms with Gasteiger partial charge in [-0.2, -0.15) is 0 Å². The highest BCUT2D eigenvalue weighted by molar-refractivity contribution is 5.97. The average Bonchev–Trinajstić information content (AvgIpc) is 2.94. The summed E-state index contributed by atoms with van der Waals surface area (Å²) >= 11 is 0. The van der Waals surface area contributed by atoms with Crippen molar-refractivity contribution in [1.82, 2.24) is 10.6 Å². The van der Waals surface area contributed by atoms with Gasteiger partial charge in [-0.05, 0) is 32.4 Å². The predicted octanol–water partition coefficient (Wildman–Crippen LogP) is 1.91. The van der Waals surface area contributed by atoms with E-state index in [0.29, 0.717) is 31.9 Å². The highest BCUT2D eigenvalue weighted by atomic mass is 16.5. The minimum atomic E-state index is -0.255. The molecule has 1 saturated heterocycles. The van der Waals surface area contributed by atoms with Crippen molar-refractivity contribution in [2.24, 2.45) is 0 Å². The molecule has 138 valence electrons. The number of carbonyl (C=O) groups is 2. The normalized spacial score (nSPS) is 17.0. The maximum Gasteiger partial charge on any atom is 0.315 e. The number of hydrogen-bond donors (Lipinski definition) is 2. The van der Waals surface area contributed by atoms with Crippen LogP contribution in [0.5, 0.6) is 5.75 Å². The second-order valence-electron chi connectivity index (χ2n) is 6.28. The number of carbonyl (C=O) groups excluding carboxylic acids is 2. The summed E-state index contributed by atoms with van der Waals surface area (Å²) in [5.74, 6) is 0.687. The van der Waals surface area contributed by atoms with Gasteiger partial charge in [0.1, 0.15) is 5.75 Å². The van der Waals surface area contributed by atoms with Gasteiger partial charge < -0.3 is 25.0 Å². The molecule has 0 unspecified atom stereocenters. The number of methoxy groups -OCH3 is 1. The van der Waals surface area contributed by atoms with Crippen molar-refractivity contribution >= 4 is 17.6 Å². The molecule has 2 N–H and O–H groups in total. The molecule has 7 heteroatoms. The number of anilines is 1. The molecule has 0 spiro atoms. The Bertz CT molecular complexity index is 591. The van der Waals surface area contributed by atoms with E-state index >= 15 is 0 Å². The Labute approximate surface area is 148 Å². The number of ether oxygens (including phenoxy) is 2. The highest BCUT2D eigenvalue weighted by Crippen LogP contribution is 2.25. The van der Waals surface area contributed by atoms with Gasteiger partial charge in [-0.25, -0.2) is 4.79 Å². The monoisotopic (exact) mass is 349 g/mol. The molecule has 0 saturated carbocycles. The van der Waals surface area contributed by atoms with Crippen LogP contribution in [0.4, 0.5) is 10.5 Å². The van der Waals surface area contributed by atoms with Crippen LogP contribution < -0.4 is 20.3 Å². The third-order valence-corrected chi connectivity index (χ3v) is 3.88. The fourth-order valence-corrected chi connectivity index (χ4v) is 2.66. The fourth-order valence-electron chi connectivity index (χ4n) is 2.66. The van der Waals surface area contributed by atoms with Gasteiger partial charge in [0.15, 0.2) is 0 Å². The van der Waals surface area contributed by atoms with Crippen LogP contribution in [-0.2, 0) is 9.53 Å². The van der Waals surface area contributed by atoms with Gasteiger partial charge in [0.2, 0.25) is 5.91 Å². The van der Waals surface area contributed by atoms with E-state index in [-0.39, 0.29) is 24.1 Å².